The van der Waals surface area contributed by atoms with Crippen molar-refractivity contribution in [1.29, 1.82) is 0 Å². The molecule has 0 aromatic carbocycles. The standard InChI is InChI=1S/C16H21N7O/c1-10(2)15-20-14(21-24-15)12-5-4-6-22(8-12)13-7-11(3)19-16-17-9-18-23(13)16/h7,9-10,12H,4-6,8H2,1-3H3. The van der Waals surface area contributed by atoms with Crippen LogP contribution < -0.4 is 4.90 Å². The highest BCUT2D eigenvalue weighted by Gasteiger charge is 2.27. The summed E-state index contributed by atoms with van der Waals surface area (Å²) in [6.07, 6.45) is 3.69. The van der Waals surface area contributed by atoms with Crippen molar-refractivity contribution in [1.82, 2.24) is 29.7 Å². The van der Waals surface area contributed by atoms with Gasteiger partial charge < -0.3 is 9.42 Å². The number of hydrogen-bond donors (Lipinski definition) is 0. The van der Waals surface area contributed by atoms with Crippen LogP contribution in [0.2, 0.25) is 0 Å². The first-order valence-electron chi connectivity index (χ1n) is 8.37. The van der Waals surface area contributed by atoms with Crippen LogP contribution in [0.25, 0.3) is 5.78 Å². The van der Waals surface area contributed by atoms with Gasteiger partial charge in [-0.05, 0) is 19.8 Å². The van der Waals surface area contributed by atoms with Crippen LogP contribution in [-0.4, -0.2) is 42.8 Å². The fraction of sp³-hybridized carbons (Fsp3) is 0.562. The van der Waals surface area contributed by atoms with Crippen molar-refractivity contribution in [3.05, 3.63) is 29.8 Å². The van der Waals surface area contributed by atoms with Crippen molar-refractivity contribution in [3.63, 3.8) is 0 Å². The number of rotatable bonds is 3. The first-order chi connectivity index (χ1) is 11.6. The molecule has 0 spiro atoms. The van der Waals surface area contributed by atoms with Gasteiger partial charge in [0.2, 0.25) is 5.89 Å². The van der Waals surface area contributed by atoms with E-state index in [1.807, 2.05) is 6.92 Å². The zero-order valence-corrected chi connectivity index (χ0v) is 14.2. The summed E-state index contributed by atoms with van der Waals surface area (Å²) in [7, 11) is 0. The maximum absolute atomic E-state index is 5.38. The first kappa shape index (κ1) is 15.0. The van der Waals surface area contributed by atoms with Gasteiger partial charge in [-0.15, -0.1) is 0 Å². The molecule has 1 unspecified atom stereocenters. The minimum atomic E-state index is 0.253. The smallest absolute Gasteiger partial charge is 0.254 e. The average Bonchev–Trinajstić information content (AvgIpc) is 3.23. The summed E-state index contributed by atoms with van der Waals surface area (Å²) in [5.41, 5.74) is 0.939. The van der Waals surface area contributed by atoms with E-state index in [-0.39, 0.29) is 11.8 Å². The van der Waals surface area contributed by atoms with Gasteiger partial charge in [0.1, 0.15) is 12.1 Å². The third kappa shape index (κ3) is 2.61. The van der Waals surface area contributed by atoms with E-state index in [0.29, 0.717) is 11.7 Å². The molecule has 0 aliphatic carbocycles. The maximum Gasteiger partial charge on any atom is 0.254 e. The summed E-state index contributed by atoms with van der Waals surface area (Å²) in [5.74, 6) is 3.69. The summed E-state index contributed by atoms with van der Waals surface area (Å²) in [6, 6.07) is 2.06. The molecular formula is C16H21N7O. The zero-order valence-electron chi connectivity index (χ0n) is 14.2. The normalized spacial score (nSPS) is 18.7. The Morgan fingerprint density at radius 1 is 1.29 bits per heavy atom. The lowest BCUT2D eigenvalue weighted by Gasteiger charge is -2.32. The number of piperidine rings is 1. The molecule has 8 heteroatoms. The fourth-order valence-corrected chi connectivity index (χ4v) is 3.18. The second-order valence-corrected chi connectivity index (χ2v) is 6.66. The first-order valence-corrected chi connectivity index (χ1v) is 8.37. The van der Waals surface area contributed by atoms with E-state index in [4.69, 9.17) is 4.52 Å². The molecule has 1 atom stereocenters. The van der Waals surface area contributed by atoms with E-state index in [1.54, 1.807) is 10.8 Å². The summed E-state index contributed by atoms with van der Waals surface area (Å²) in [6.45, 7) is 7.92. The summed E-state index contributed by atoms with van der Waals surface area (Å²) < 4.78 is 7.18. The highest BCUT2D eigenvalue weighted by Crippen LogP contribution is 2.29. The van der Waals surface area contributed by atoms with E-state index in [9.17, 15) is 0 Å². The predicted molar refractivity (Wildman–Crippen MR) is 88.1 cm³/mol. The Bertz CT molecular complexity index is 853. The van der Waals surface area contributed by atoms with Gasteiger partial charge in [-0.2, -0.15) is 19.6 Å². The number of hydrogen-bond acceptors (Lipinski definition) is 7. The van der Waals surface area contributed by atoms with Crippen LogP contribution in [0.1, 0.15) is 55.9 Å². The van der Waals surface area contributed by atoms with Crippen molar-refractivity contribution >= 4 is 11.6 Å². The molecule has 3 aromatic rings. The topological polar surface area (TPSA) is 85.2 Å². The molecule has 3 aromatic heterocycles. The molecule has 1 aliphatic rings. The molecule has 4 heterocycles. The van der Waals surface area contributed by atoms with Crippen LogP contribution >= 0.6 is 0 Å². The highest BCUT2D eigenvalue weighted by molar-refractivity contribution is 5.47. The minimum Gasteiger partial charge on any atom is -0.356 e. The van der Waals surface area contributed by atoms with Gasteiger partial charge in [0, 0.05) is 36.7 Å². The lowest BCUT2D eigenvalue weighted by atomic mass is 9.97. The monoisotopic (exact) mass is 327 g/mol. The third-order valence-electron chi connectivity index (χ3n) is 4.42. The Morgan fingerprint density at radius 2 is 2.17 bits per heavy atom. The van der Waals surface area contributed by atoms with Gasteiger partial charge in [0.15, 0.2) is 5.82 Å². The highest BCUT2D eigenvalue weighted by atomic mass is 16.5. The Labute approximate surface area is 139 Å². The molecule has 0 radical (unpaired) electrons. The summed E-state index contributed by atoms with van der Waals surface area (Å²) in [4.78, 5) is 15.5. The second-order valence-electron chi connectivity index (χ2n) is 6.66. The molecule has 4 rings (SSSR count). The SMILES string of the molecule is Cc1cc(N2CCCC(c3noc(C(C)C)n3)C2)n2ncnc2n1. The Hall–Kier alpha value is -2.51. The van der Waals surface area contributed by atoms with Crippen LogP contribution in [0.15, 0.2) is 16.9 Å². The van der Waals surface area contributed by atoms with Crippen molar-refractivity contribution in [2.24, 2.45) is 0 Å². The Kier molecular flexibility index (Phi) is 3.66. The lowest BCUT2D eigenvalue weighted by molar-refractivity contribution is 0.354. The average molecular weight is 327 g/mol. The largest absolute Gasteiger partial charge is 0.356 e. The van der Waals surface area contributed by atoms with Gasteiger partial charge in [0.25, 0.3) is 5.78 Å². The van der Waals surface area contributed by atoms with Crippen molar-refractivity contribution in [2.45, 2.75) is 45.4 Å². The number of aromatic nitrogens is 6. The van der Waals surface area contributed by atoms with E-state index in [1.165, 1.54) is 0 Å². The molecule has 0 bridgehead atoms. The summed E-state index contributed by atoms with van der Waals surface area (Å²) in [5, 5.41) is 8.51. The predicted octanol–water partition coefficient (Wildman–Crippen LogP) is 2.32. The quantitative estimate of drug-likeness (QED) is 0.729. The molecule has 1 aliphatic heterocycles. The zero-order chi connectivity index (χ0) is 16.7. The number of fused-ring (bicyclic) bond motifs is 1. The second kappa shape index (κ2) is 5.85. The molecule has 1 saturated heterocycles. The molecule has 1 fully saturated rings. The Balaban J connectivity index is 1.63. The molecule has 24 heavy (non-hydrogen) atoms. The molecule has 0 N–H and O–H groups in total. The lowest BCUT2D eigenvalue weighted by Crippen LogP contribution is -2.36. The molecular weight excluding hydrogens is 306 g/mol. The number of anilines is 1. The van der Waals surface area contributed by atoms with Gasteiger partial charge in [-0.25, -0.2) is 4.98 Å². The fourth-order valence-electron chi connectivity index (χ4n) is 3.18. The Morgan fingerprint density at radius 3 is 2.96 bits per heavy atom. The van der Waals surface area contributed by atoms with E-state index in [2.05, 4.69) is 50.0 Å². The van der Waals surface area contributed by atoms with Crippen molar-refractivity contribution in [3.8, 4) is 0 Å². The van der Waals surface area contributed by atoms with Crippen LogP contribution in [0.5, 0.6) is 0 Å². The maximum atomic E-state index is 5.38. The van der Waals surface area contributed by atoms with Crippen LogP contribution in [-0.2, 0) is 0 Å². The third-order valence-corrected chi connectivity index (χ3v) is 4.42. The van der Waals surface area contributed by atoms with Crippen LogP contribution in [0, 0.1) is 6.92 Å². The van der Waals surface area contributed by atoms with E-state index < -0.39 is 0 Å². The van der Waals surface area contributed by atoms with E-state index in [0.717, 1.165) is 43.3 Å². The number of aryl methyl sites for hydroxylation is 1. The van der Waals surface area contributed by atoms with Gasteiger partial charge in [-0.3, -0.25) is 0 Å². The van der Waals surface area contributed by atoms with Gasteiger partial charge in [0.05, 0.1) is 0 Å². The van der Waals surface area contributed by atoms with Gasteiger partial charge in [-0.1, -0.05) is 19.0 Å². The van der Waals surface area contributed by atoms with Gasteiger partial charge >= 0.3 is 0 Å². The summed E-state index contributed by atoms with van der Waals surface area (Å²) >= 11 is 0. The van der Waals surface area contributed by atoms with Crippen molar-refractivity contribution < 1.29 is 4.52 Å². The van der Waals surface area contributed by atoms with Crippen LogP contribution in [0.3, 0.4) is 0 Å². The molecule has 0 amide bonds. The number of nitrogens with zero attached hydrogens (tertiary/aromatic N) is 7. The molecule has 0 saturated carbocycles. The van der Waals surface area contributed by atoms with Crippen LogP contribution in [0.4, 0.5) is 5.82 Å². The molecule has 8 nitrogen and oxygen atoms in total. The minimum absolute atomic E-state index is 0.253. The van der Waals surface area contributed by atoms with E-state index >= 15 is 0 Å². The molecule has 126 valence electrons. The van der Waals surface area contributed by atoms with Crippen molar-refractivity contribution in [2.75, 3.05) is 18.0 Å².